The molecule has 2 atom stereocenters. The first-order valence-electron chi connectivity index (χ1n) is 5.16. The molecule has 16 heavy (non-hydrogen) atoms. The normalized spacial score (nSPS) is 36.2. The van der Waals surface area contributed by atoms with E-state index in [9.17, 15) is 17.8 Å². The van der Waals surface area contributed by atoms with Crippen LogP contribution >= 0.6 is 0 Å². The van der Waals surface area contributed by atoms with Crippen LogP contribution in [0.25, 0.3) is 0 Å². The van der Waals surface area contributed by atoms with Gasteiger partial charge >= 0.3 is 29.6 Å². The SMILES string of the molecule is CC1(C)C2CC[C@@]1(CS(=O)(=O)[O-])C(=O)C2.[Na+]. The molecule has 0 spiro atoms. The summed E-state index contributed by atoms with van der Waals surface area (Å²) in [5.41, 5.74) is -1.22. The zero-order valence-electron chi connectivity index (χ0n) is 9.95. The van der Waals surface area contributed by atoms with Crippen LogP contribution in [0.1, 0.15) is 33.1 Å². The molecule has 86 valence electrons. The van der Waals surface area contributed by atoms with E-state index in [4.69, 9.17) is 0 Å². The topological polar surface area (TPSA) is 74.3 Å². The van der Waals surface area contributed by atoms with Gasteiger partial charge < -0.3 is 4.55 Å². The second-order valence-electron chi connectivity index (χ2n) is 5.37. The number of hydrogen-bond acceptors (Lipinski definition) is 4. The van der Waals surface area contributed by atoms with Gasteiger partial charge in [-0.2, -0.15) is 0 Å². The fourth-order valence-electron chi connectivity index (χ4n) is 3.41. The van der Waals surface area contributed by atoms with Gasteiger partial charge in [0, 0.05) is 11.8 Å². The van der Waals surface area contributed by atoms with Gasteiger partial charge in [-0.15, -0.1) is 0 Å². The van der Waals surface area contributed by atoms with Crippen LogP contribution < -0.4 is 29.6 Å². The molecule has 1 unspecified atom stereocenters. The Bertz CT molecular complexity index is 415. The van der Waals surface area contributed by atoms with E-state index < -0.39 is 21.3 Å². The average molecular weight is 254 g/mol. The Hall–Kier alpha value is 0.580. The van der Waals surface area contributed by atoms with E-state index in [0.717, 1.165) is 6.42 Å². The number of fused-ring (bicyclic) bond motifs is 2. The second-order valence-corrected chi connectivity index (χ2v) is 6.77. The van der Waals surface area contributed by atoms with E-state index in [2.05, 4.69) is 0 Å². The maximum atomic E-state index is 11.8. The first kappa shape index (κ1) is 14.6. The Balaban J connectivity index is 0.00000128. The van der Waals surface area contributed by atoms with Crippen LogP contribution in [0.2, 0.25) is 0 Å². The third-order valence-electron chi connectivity index (χ3n) is 4.56. The fourth-order valence-corrected chi connectivity index (χ4v) is 4.69. The number of Topliss-reactive ketones (excluding diaryl/α,β-unsaturated/α-hetero) is 1. The van der Waals surface area contributed by atoms with Crippen LogP contribution in [-0.2, 0) is 14.9 Å². The molecular weight excluding hydrogens is 239 g/mol. The number of ketones is 1. The van der Waals surface area contributed by atoms with E-state index >= 15 is 0 Å². The van der Waals surface area contributed by atoms with Gasteiger partial charge in [-0.1, -0.05) is 13.8 Å². The average Bonchev–Trinajstić information content (AvgIpc) is 2.34. The van der Waals surface area contributed by atoms with Crippen molar-refractivity contribution >= 4 is 15.9 Å². The first-order chi connectivity index (χ1) is 6.69. The Morgan fingerprint density at radius 1 is 1.44 bits per heavy atom. The first-order valence-corrected chi connectivity index (χ1v) is 6.74. The smallest absolute Gasteiger partial charge is 0.748 e. The Morgan fingerprint density at radius 3 is 2.31 bits per heavy atom. The van der Waals surface area contributed by atoms with Gasteiger partial charge in [-0.3, -0.25) is 4.79 Å². The molecule has 0 N–H and O–H groups in total. The standard InChI is InChI=1S/C10H16O4S.Na/c1-9(2)7-3-4-10(9,8(11)5-7)6-15(12,13)14;/h7H,3-6H2,1-2H3,(H,12,13,14);/q;+1/p-1/t7?,10-;/m1./s1. The minimum atomic E-state index is -4.33. The molecule has 2 fully saturated rings. The number of carbonyl (C=O) groups excluding carboxylic acids is 1. The quantitative estimate of drug-likeness (QED) is 0.419. The summed E-state index contributed by atoms with van der Waals surface area (Å²) in [5.74, 6) is -0.280. The van der Waals surface area contributed by atoms with Gasteiger partial charge in [-0.25, -0.2) is 8.42 Å². The molecule has 2 bridgehead atoms. The van der Waals surface area contributed by atoms with Crippen molar-refractivity contribution in [2.75, 3.05) is 5.75 Å². The minimum absolute atomic E-state index is 0. The van der Waals surface area contributed by atoms with Crippen LogP contribution in [0.5, 0.6) is 0 Å². The summed E-state index contributed by atoms with van der Waals surface area (Å²) in [6.07, 6.45) is 1.88. The van der Waals surface area contributed by atoms with Gasteiger partial charge in [0.1, 0.15) is 5.78 Å². The largest absolute Gasteiger partial charge is 1.00 e. The summed E-state index contributed by atoms with van der Waals surface area (Å²) < 4.78 is 32.7. The van der Waals surface area contributed by atoms with Crippen molar-refractivity contribution in [3.63, 3.8) is 0 Å². The summed E-state index contributed by atoms with van der Waals surface area (Å²) in [7, 11) is -4.33. The fraction of sp³-hybridized carbons (Fsp3) is 0.900. The third kappa shape index (κ3) is 1.90. The summed E-state index contributed by atoms with van der Waals surface area (Å²) in [5, 5.41) is 0. The van der Waals surface area contributed by atoms with Crippen LogP contribution in [0.3, 0.4) is 0 Å². The van der Waals surface area contributed by atoms with Crippen molar-refractivity contribution in [1.82, 2.24) is 0 Å². The molecule has 0 aromatic carbocycles. The molecule has 2 aliphatic rings. The second kappa shape index (κ2) is 4.05. The van der Waals surface area contributed by atoms with Gasteiger partial charge in [0.25, 0.3) is 0 Å². The van der Waals surface area contributed by atoms with Crippen molar-refractivity contribution < 1.29 is 47.3 Å². The third-order valence-corrected chi connectivity index (χ3v) is 5.41. The maximum absolute atomic E-state index is 11.8. The summed E-state index contributed by atoms with van der Waals surface area (Å²) in [6, 6.07) is 0. The molecule has 2 aliphatic carbocycles. The van der Waals surface area contributed by atoms with Crippen molar-refractivity contribution in [1.29, 1.82) is 0 Å². The predicted octanol–water partition coefficient (Wildman–Crippen LogP) is -2.07. The molecular formula is C10H15NaO4S. The van der Waals surface area contributed by atoms with Crippen molar-refractivity contribution in [2.45, 2.75) is 33.1 Å². The zero-order chi connectivity index (χ0) is 11.5. The molecule has 0 aliphatic heterocycles. The molecule has 0 amide bonds. The van der Waals surface area contributed by atoms with Crippen molar-refractivity contribution in [2.24, 2.45) is 16.7 Å². The number of hydrogen-bond donors (Lipinski definition) is 0. The molecule has 4 nitrogen and oxygen atoms in total. The molecule has 0 aromatic rings. The maximum Gasteiger partial charge on any atom is 1.00 e. The Labute approximate surface area is 118 Å². The summed E-state index contributed by atoms with van der Waals surface area (Å²) in [6.45, 7) is 3.83. The molecule has 2 rings (SSSR count). The molecule has 6 heteroatoms. The Kier molecular flexibility index (Phi) is 3.71. The zero-order valence-corrected chi connectivity index (χ0v) is 12.8. The molecule has 0 radical (unpaired) electrons. The van der Waals surface area contributed by atoms with E-state index in [0.29, 0.717) is 12.8 Å². The van der Waals surface area contributed by atoms with Crippen LogP contribution in [0.15, 0.2) is 0 Å². The van der Waals surface area contributed by atoms with Gasteiger partial charge in [0.05, 0.1) is 15.9 Å². The van der Waals surface area contributed by atoms with Crippen LogP contribution in [0, 0.1) is 16.7 Å². The van der Waals surface area contributed by atoms with E-state index in [1.807, 2.05) is 13.8 Å². The molecule has 2 saturated carbocycles. The van der Waals surface area contributed by atoms with Crippen molar-refractivity contribution in [3.8, 4) is 0 Å². The molecule has 0 saturated heterocycles. The molecule has 0 heterocycles. The van der Waals surface area contributed by atoms with Crippen LogP contribution in [0.4, 0.5) is 0 Å². The van der Waals surface area contributed by atoms with Gasteiger partial charge in [-0.05, 0) is 24.2 Å². The predicted molar refractivity (Wildman–Crippen MR) is 53.1 cm³/mol. The van der Waals surface area contributed by atoms with Gasteiger partial charge in [0.2, 0.25) is 0 Å². The Morgan fingerprint density at radius 2 is 2.00 bits per heavy atom. The van der Waals surface area contributed by atoms with E-state index in [1.54, 1.807) is 0 Å². The summed E-state index contributed by atoms with van der Waals surface area (Å²) >= 11 is 0. The number of carbonyl (C=O) groups is 1. The minimum Gasteiger partial charge on any atom is -0.748 e. The van der Waals surface area contributed by atoms with E-state index in [-0.39, 0.29) is 46.7 Å². The number of rotatable bonds is 2. The van der Waals surface area contributed by atoms with Crippen LogP contribution in [-0.4, -0.2) is 24.5 Å². The van der Waals surface area contributed by atoms with E-state index in [1.165, 1.54) is 0 Å². The van der Waals surface area contributed by atoms with Gasteiger partial charge in [0.15, 0.2) is 0 Å². The van der Waals surface area contributed by atoms with Crippen molar-refractivity contribution in [3.05, 3.63) is 0 Å². The monoisotopic (exact) mass is 254 g/mol. The molecule has 0 aromatic heterocycles. The summed E-state index contributed by atoms with van der Waals surface area (Å²) in [4.78, 5) is 11.8.